The van der Waals surface area contributed by atoms with Gasteiger partial charge in [0.25, 0.3) is 0 Å². The van der Waals surface area contributed by atoms with Gasteiger partial charge in [0, 0.05) is 20.3 Å². The summed E-state index contributed by atoms with van der Waals surface area (Å²) in [6, 6.07) is 10.8. The number of thiophene rings is 1. The third kappa shape index (κ3) is 3.85. The van der Waals surface area contributed by atoms with E-state index < -0.39 is 0 Å². The van der Waals surface area contributed by atoms with Crippen LogP contribution >= 0.6 is 39.0 Å². The van der Waals surface area contributed by atoms with E-state index in [1.807, 2.05) is 23.1 Å². The number of benzene rings is 1. The zero-order valence-corrected chi connectivity index (χ0v) is 14.3. The minimum Gasteiger partial charge on any atom is -0.326 e. The Bertz CT molecular complexity index is 538. The predicted molar refractivity (Wildman–Crippen MR) is 90.1 cm³/mol. The van der Waals surface area contributed by atoms with Crippen LogP contribution in [0.5, 0.6) is 0 Å². The topological polar surface area (TPSA) is 26.0 Å². The van der Waals surface area contributed by atoms with Gasteiger partial charge in [-0.1, -0.05) is 28.9 Å². The van der Waals surface area contributed by atoms with Gasteiger partial charge in [0.1, 0.15) is 0 Å². The van der Waals surface area contributed by atoms with Gasteiger partial charge in [-0.25, -0.2) is 0 Å². The molecule has 2 atom stereocenters. The van der Waals surface area contributed by atoms with Crippen LogP contribution in [0.3, 0.4) is 0 Å². The number of halogens is 1. The molecule has 2 aromatic rings. The zero-order chi connectivity index (χ0) is 13.8. The number of aryl methyl sites for hydroxylation is 1. The van der Waals surface area contributed by atoms with Gasteiger partial charge in [-0.2, -0.15) is 0 Å². The number of rotatable bonds is 5. The molecule has 2 rings (SSSR count). The molecule has 0 saturated carbocycles. The van der Waals surface area contributed by atoms with Crippen LogP contribution < -0.4 is 5.73 Å². The Morgan fingerprint density at radius 3 is 2.74 bits per heavy atom. The molecule has 0 spiro atoms. The fourth-order valence-corrected chi connectivity index (χ4v) is 5.06. The van der Waals surface area contributed by atoms with Crippen molar-refractivity contribution in [3.8, 4) is 0 Å². The van der Waals surface area contributed by atoms with E-state index in [-0.39, 0.29) is 6.04 Å². The molecule has 0 amide bonds. The third-order valence-electron chi connectivity index (χ3n) is 3.08. The first kappa shape index (κ1) is 15.1. The van der Waals surface area contributed by atoms with Gasteiger partial charge in [0.05, 0.1) is 5.25 Å². The second kappa shape index (κ2) is 6.93. The molecular formula is C15H18BrNS2. The van der Waals surface area contributed by atoms with Crippen LogP contribution in [0.25, 0.3) is 0 Å². The maximum absolute atomic E-state index is 6.34. The van der Waals surface area contributed by atoms with Gasteiger partial charge in [-0.05, 0) is 48.6 Å². The van der Waals surface area contributed by atoms with E-state index in [4.69, 9.17) is 5.73 Å². The summed E-state index contributed by atoms with van der Waals surface area (Å²) in [6.07, 6.45) is 0.989. The highest BCUT2D eigenvalue weighted by molar-refractivity contribution is 9.10. The van der Waals surface area contributed by atoms with Gasteiger partial charge in [0.2, 0.25) is 0 Å². The fraction of sp³-hybridized carbons (Fsp3) is 0.333. The van der Waals surface area contributed by atoms with Crippen LogP contribution in [0.2, 0.25) is 0 Å². The molecule has 2 N–H and O–H groups in total. The second-order valence-corrected chi connectivity index (χ2v) is 7.61. The van der Waals surface area contributed by atoms with Crippen LogP contribution in [0.4, 0.5) is 0 Å². The Hall–Kier alpha value is -0.290. The van der Waals surface area contributed by atoms with Gasteiger partial charge < -0.3 is 5.73 Å². The molecule has 0 aliphatic rings. The van der Waals surface area contributed by atoms with Gasteiger partial charge in [-0.3, -0.25) is 0 Å². The highest BCUT2D eigenvalue weighted by atomic mass is 79.9. The monoisotopic (exact) mass is 355 g/mol. The predicted octanol–water partition coefficient (Wildman–Crippen LogP) is 5.39. The maximum Gasteiger partial charge on any atom is 0.0591 e. The molecule has 0 aliphatic carbocycles. The molecule has 0 radical (unpaired) electrons. The molecule has 0 bridgehead atoms. The Morgan fingerprint density at radius 2 is 2.16 bits per heavy atom. The van der Waals surface area contributed by atoms with E-state index in [2.05, 4.69) is 65.5 Å². The van der Waals surface area contributed by atoms with Crippen molar-refractivity contribution in [2.75, 3.05) is 0 Å². The normalized spacial score (nSPS) is 14.3. The largest absolute Gasteiger partial charge is 0.326 e. The zero-order valence-electron chi connectivity index (χ0n) is 11.1. The van der Waals surface area contributed by atoms with Gasteiger partial charge in [-0.15, -0.1) is 23.1 Å². The van der Waals surface area contributed by atoms with E-state index in [0.29, 0.717) is 5.25 Å². The summed E-state index contributed by atoms with van der Waals surface area (Å²) in [5.74, 6) is 0. The molecule has 4 heteroatoms. The molecule has 1 aromatic heterocycles. The summed E-state index contributed by atoms with van der Waals surface area (Å²) in [6.45, 7) is 4.32. The van der Waals surface area contributed by atoms with E-state index >= 15 is 0 Å². The lowest BCUT2D eigenvalue weighted by Gasteiger charge is -2.22. The van der Waals surface area contributed by atoms with Gasteiger partial charge >= 0.3 is 0 Å². The molecule has 0 fully saturated rings. The lowest BCUT2D eigenvalue weighted by molar-refractivity contribution is 0.638. The molecule has 0 saturated heterocycles. The number of nitrogens with two attached hydrogens (primary N) is 1. The van der Waals surface area contributed by atoms with E-state index in [9.17, 15) is 0 Å². The summed E-state index contributed by atoms with van der Waals surface area (Å²) >= 11 is 7.20. The van der Waals surface area contributed by atoms with Crippen LogP contribution in [0, 0.1) is 6.92 Å². The standard InChI is InChI=1S/C15H18BrNS2/c1-3-13(17)15(14-10(2)7-8-18-14)19-12-6-4-5-11(16)9-12/h4-9,13,15H,3,17H2,1-2H3. The van der Waals surface area contributed by atoms with Crippen molar-refractivity contribution < 1.29 is 0 Å². The fourth-order valence-electron chi connectivity index (χ4n) is 1.91. The first-order valence-electron chi connectivity index (χ1n) is 6.33. The first-order chi connectivity index (χ1) is 9.11. The van der Waals surface area contributed by atoms with E-state index in [0.717, 1.165) is 10.9 Å². The molecular weight excluding hydrogens is 338 g/mol. The van der Waals surface area contributed by atoms with Gasteiger partial charge in [0.15, 0.2) is 0 Å². The van der Waals surface area contributed by atoms with Crippen molar-refractivity contribution in [3.05, 3.63) is 50.6 Å². The number of thioether (sulfide) groups is 1. The van der Waals surface area contributed by atoms with Crippen molar-refractivity contribution in [2.45, 2.75) is 36.5 Å². The van der Waals surface area contributed by atoms with Crippen molar-refractivity contribution in [1.29, 1.82) is 0 Å². The SMILES string of the molecule is CCC(N)C(Sc1cccc(Br)c1)c1sccc1C. The highest BCUT2D eigenvalue weighted by Crippen LogP contribution is 2.42. The summed E-state index contributed by atoms with van der Waals surface area (Å²) in [7, 11) is 0. The van der Waals surface area contributed by atoms with Crippen LogP contribution in [-0.4, -0.2) is 6.04 Å². The van der Waals surface area contributed by atoms with Crippen molar-refractivity contribution in [2.24, 2.45) is 5.73 Å². The summed E-state index contributed by atoms with van der Waals surface area (Å²) in [4.78, 5) is 2.66. The van der Waals surface area contributed by atoms with Crippen molar-refractivity contribution in [3.63, 3.8) is 0 Å². The average Bonchev–Trinajstić information content (AvgIpc) is 2.81. The van der Waals surface area contributed by atoms with E-state index in [1.54, 1.807) is 0 Å². The number of hydrogen-bond acceptors (Lipinski definition) is 3. The Kier molecular flexibility index (Phi) is 5.51. The smallest absolute Gasteiger partial charge is 0.0591 e. The highest BCUT2D eigenvalue weighted by Gasteiger charge is 2.22. The van der Waals surface area contributed by atoms with E-state index in [1.165, 1.54) is 15.3 Å². The average molecular weight is 356 g/mol. The van der Waals surface area contributed by atoms with Crippen molar-refractivity contribution >= 4 is 39.0 Å². The molecule has 0 aliphatic heterocycles. The lowest BCUT2D eigenvalue weighted by atomic mass is 10.1. The quantitative estimate of drug-likeness (QED) is 0.727. The maximum atomic E-state index is 6.34. The molecule has 2 unspecified atom stereocenters. The van der Waals surface area contributed by atoms with Crippen LogP contribution in [0.15, 0.2) is 45.1 Å². The Balaban J connectivity index is 2.27. The lowest BCUT2D eigenvalue weighted by Crippen LogP contribution is -2.25. The molecule has 102 valence electrons. The molecule has 19 heavy (non-hydrogen) atoms. The summed E-state index contributed by atoms with van der Waals surface area (Å²) in [5, 5.41) is 2.49. The molecule has 1 aromatic carbocycles. The Morgan fingerprint density at radius 1 is 1.37 bits per heavy atom. The van der Waals surface area contributed by atoms with Crippen molar-refractivity contribution in [1.82, 2.24) is 0 Å². The van der Waals surface area contributed by atoms with Crippen LogP contribution in [0.1, 0.15) is 29.0 Å². The minimum atomic E-state index is 0.182. The summed E-state index contributed by atoms with van der Waals surface area (Å²) < 4.78 is 1.12. The number of hydrogen-bond donors (Lipinski definition) is 1. The van der Waals surface area contributed by atoms with Crippen LogP contribution in [-0.2, 0) is 0 Å². The third-order valence-corrected chi connectivity index (χ3v) is 6.19. The molecule has 1 heterocycles. The molecule has 1 nitrogen and oxygen atoms in total. The summed E-state index contributed by atoms with van der Waals surface area (Å²) in [5.41, 5.74) is 7.69. The Labute approximate surface area is 131 Å². The second-order valence-electron chi connectivity index (χ2n) is 4.54. The first-order valence-corrected chi connectivity index (χ1v) is 8.89. The minimum absolute atomic E-state index is 0.182.